The number of hydrogen-bond acceptors (Lipinski definition) is 6. The van der Waals surface area contributed by atoms with Gasteiger partial charge < -0.3 is 9.67 Å². The van der Waals surface area contributed by atoms with E-state index in [1.807, 2.05) is 6.92 Å². The van der Waals surface area contributed by atoms with Crippen molar-refractivity contribution in [1.82, 2.24) is 14.8 Å². The number of rotatable bonds is 7. The SMILES string of the molecule is Cc1ccc(S(=O)(=O)Cc2nnc(SCc3ccccc3C(=O)O)n2C)cc1. The second-order valence-corrected chi connectivity index (χ2v) is 9.21. The highest BCUT2D eigenvalue weighted by atomic mass is 32.2. The maximum Gasteiger partial charge on any atom is 0.335 e. The van der Waals surface area contributed by atoms with Crippen molar-refractivity contribution < 1.29 is 18.3 Å². The summed E-state index contributed by atoms with van der Waals surface area (Å²) in [5.74, 6) is -0.529. The van der Waals surface area contributed by atoms with Crippen molar-refractivity contribution in [3.8, 4) is 0 Å². The van der Waals surface area contributed by atoms with Crippen LogP contribution in [0.25, 0.3) is 0 Å². The Labute approximate surface area is 167 Å². The first-order chi connectivity index (χ1) is 13.3. The summed E-state index contributed by atoms with van der Waals surface area (Å²) in [5, 5.41) is 17.9. The summed E-state index contributed by atoms with van der Waals surface area (Å²) in [6.07, 6.45) is 0. The van der Waals surface area contributed by atoms with E-state index in [4.69, 9.17) is 0 Å². The molecule has 0 unspecified atom stereocenters. The predicted molar refractivity (Wildman–Crippen MR) is 106 cm³/mol. The molecule has 0 spiro atoms. The number of aromatic carboxylic acids is 1. The number of thioether (sulfide) groups is 1. The van der Waals surface area contributed by atoms with Crippen molar-refractivity contribution in [3.63, 3.8) is 0 Å². The molecule has 9 heteroatoms. The first-order valence-corrected chi connectivity index (χ1v) is 11.0. The van der Waals surface area contributed by atoms with E-state index in [0.717, 1.165) is 5.56 Å². The topological polar surface area (TPSA) is 102 Å². The van der Waals surface area contributed by atoms with Gasteiger partial charge in [-0.05, 0) is 30.7 Å². The van der Waals surface area contributed by atoms with E-state index in [-0.39, 0.29) is 16.2 Å². The lowest BCUT2D eigenvalue weighted by Crippen LogP contribution is -2.10. The van der Waals surface area contributed by atoms with Gasteiger partial charge in [0.1, 0.15) is 11.6 Å². The molecule has 3 rings (SSSR count). The van der Waals surface area contributed by atoms with Gasteiger partial charge in [0.15, 0.2) is 15.0 Å². The van der Waals surface area contributed by atoms with E-state index in [1.165, 1.54) is 11.8 Å². The summed E-state index contributed by atoms with van der Waals surface area (Å²) in [6, 6.07) is 13.4. The molecule has 0 saturated carbocycles. The fraction of sp³-hybridized carbons (Fsp3) is 0.211. The Bertz CT molecular complexity index is 1110. The molecule has 3 aromatic rings. The van der Waals surface area contributed by atoms with Gasteiger partial charge in [-0.3, -0.25) is 0 Å². The zero-order valence-corrected chi connectivity index (χ0v) is 17.0. The second-order valence-electron chi connectivity index (χ2n) is 6.28. The molecular formula is C19H19N3O4S2. The Morgan fingerprint density at radius 2 is 1.79 bits per heavy atom. The molecule has 0 aliphatic carbocycles. The highest BCUT2D eigenvalue weighted by molar-refractivity contribution is 7.98. The number of benzene rings is 2. The van der Waals surface area contributed by atoms with Gasteiger partial charge in [0.05, 0.1) is 10.5 Å². The Kier molecular flexibility index (Phi) is 5.85. The molecule has 1 heterocycles. The molecule has 1 N–H and O–H groups in total. The molecule has 0 atom stereocenters. The molecule has 1 aromatic heterocycles. The van der Waals surface area contributed by atoms with Crippen molar-refractivity contribution >= 4 is 27.6 Å². The van der Waals surface area contributed by atoms with Crippen LogP contribution in [0.1, 0.15) is 27.3 Å². The molecule has 0 amide bonds. The minimum absolute atomic E-state index is 0.236. The zero-order chi connectivity index (χ0) is 20.3. The van der Waals surface area contributed by atoms with Gasteiger partial charge in [0, 0.05) is 12.8 Å². The van der Waals surface area contributed by atoms with Crippen LogP contribution >= 0.6 is 11.8 Å². The average Bonchev–Trinajstić information content (AvgIpc) is 2.99. The van der Waals surface area contributed by atoms with Crippen LogP contribution in [0.2, 0.25) is 0 Å². The minimum atomic E-state index is -3.53. The number of nitrogens with zero attached hydrogens (tertiary/aromatic N) is 3. The Hall–Kier alpha value is -2.65. The normalized spacial score (nSPS) is 11.5. The third-order valence-corrected chi connectivity index (χ3v) is 6.93. The van der Waals surface area contributed by atoms with E-state index in [1.54, 1.807) is 60.1 Å². The molecule has 146 valence electrons. The molecule has 7 nitrogen and oxygen atoms in total. The largest absolute Gasteiger partial charge is 0.478 e. The lowest BCUT2D eigenvalue weighted by atomic mass is 10.1. The first-order valence-electron chi connectivity index (χ1n) is 8.39. The van der Waals surface area contributed by atoms with Crippen molar-refractivity contribution in [2.75, 3.05) is 0 Å². The van der Waals surface area contributed by atoms with Crippen LogP contribution in [0.4, 0.5) is 0 Å². The van der Waals surface area contributed by atoms with Crippen molar-refractivity contribution in [3.05, 3.63) is 71.0 Å². The first kappa shape index (κ1) is 20.1. The predicted octanol–water partition coefficient (Wildman–Crippen LogP) is 3.09. The van der Waals surface area contributed by atoms with Crippen LogP contribution < -0.4 is 0 Å². The van der Waals surface area contributed by atoms with E-state index in [2.05, 4.69) is 10.2 Å². The number of aryl methyl sites for hydroxylation is 1. The number of aromatic nitrogens is 3. The zero-order valence-electron chi connectivity index (χ0n) is 15.4. The van der Waals surface area contributed by atoms with Crippen LogP contribution in [0, 0.1) is 6.92 Å². The van der Waals surface area contributed by atoms with Gasteiger partial charge in [-0.2, -0.15) is 0 Å². The van der Waals surface area contributed by atoms with Gasteiger partial charge in [0.25, 0.3) is 0 Å². The van der Waals surface area contributed by atoms with Crippen LogP contribution in [-0.2, 0) is 28.4 Å². The maximum absolute atomic E-state index is 12.6. The van der Waals surface area contributed by atoms with Crippen LogP contribution in [0.3, 0.4) is 0 Å². The van der Waals surface area contributed by atoms with Gasteiger partial charge >= 0.3 is 5.97 Å². The summed E-state index contributed by atoms with van der Waals surface area (Å²) in [4.78, 5) is 11.5. The quantitative estimate of drug-likeness (QED) is 0.589. The highest BCUT2D eigenvalue weighted by Gasteiger charge is 2.20. The van der Waals surface area contributed by atoms with Gasteiger partial charge in [0.2, 0.25) is 0 Å². The standard InChI is InChI=1S/C19H19N3O4S2/c1-13-7-9-15(10-8-13)28(25,26)12-17-20-21-19(22(17)2)27-11-14-5-3-4-6-16(14)18(23)24/h3-10H,11-12H2,1-2H3,(H,23,24). The minimum Gasteiger partial charge on any atom is -0.478 e. The smallest absolute Gasteiger partial charge is 0.335 e. The lowest BCUT2D eigenvalue weighted by molar-refractivity contribution is 0.0696. The second kappa shape index (κ2) is 8.15. The van der Waals surface area contributed by atoms with Crippen LogP contribution in [-0.4, -0.2) is 34.3 Å². The van der Waals surface area contributed by atoms with Gasteiger partial charge in [-0.25, -0.2) is 13.2 Å². The molecule has 0 aliphatic heterocycles. The van der Waals surface area contributed by atoms with Crippen molar-refractivity contribution in [2.45, 2.75) is 28.5 Å². The number of carbonyl (C=O) groups is 1. The fourth-order valence-corrected chi connectivity index (χ4v) is 4.84. The molecule has 0 aliphatic rings. The Balaban J connectivity index is 1.76. The van der Waals surface area contributed by atoms with Gasteiger partial charge in [-0.1, -0.05) is 47.7 Å². The third-order valence-electron chi connectivity index (χ3n) is 4.23. The fourth-order valence-electron chi connectivity index (χ4n) is 2.59. The third kappa shape index (κ3) is 4.42. The Morgan fingerprint density at radius 1 is 1.11 bits per heavy atom. The summed E-state index contributed by atoms with van der Waals surface area (Å²) < 4.78 is 26.9. The summed E-state index contributed by atoms with van der Waals surface area (Å²) in [7, 11) is -1.83. The number of hydrogen-bond donors (Lipinski definition) is 1. The Morgan fingerprint density at radius 3 is 2.46 bits per heavy atom. The summed E-state index contributed by atoms with van der Waals surface area (Å²) in [5.41, 5.74) is 1.88. The van der Waals surface area contributed by atoms with E-state index >= 15 is 0 Å². The number of sulfone groups is 1. The summed E-state index contributed by atoms with van der Waals surface area (Å²) in [6.45, 7) is 1.89. The average molecular weight is 418 g/mol. The molecule has 2 aromatic carbocycles. The maximum atomic E-state index is 12.6. The number of carboxylic acid groups (broad SMARTS) is 1. The van der Waals surface area contributed by atoms with E-state index in [0.29, 0.717) is 22.3 Å². The molecule has 28 heavy (non-hydrogen) atoms. The number of carboxylic acids is 1. The molecule has 0 saturated heterocycles. The van der Waals surface area contributed by atoms with Crippen molar-refractivity contribution in [2.24, 2.45) is 7.05 Å². The molecule has 0 fully saturated rings. The monoisotopic (exact) mass is 417 g/mol. The molecular weight excluding hydrogens is 398 g/mol. The molecule has 0 bridgehead atoms. The van der Waals surface area contributed by atoms with E-state index < -0.39 is 15.8 Å². The van der Waals surface area contributed by atoms with Crippen LogP contribution in [0.5, 0.6) is 0 Å². The summed E-state index contributed by atoms with van der Waals surface area (Å²) >= 11 is 1.31. The van der Waals surface area contributed by atoms with E-state index in [9.17, 15) is 18.3 Å². The van der Waals surface area contributed by atoms with Gasteiger partial charge in [-0.15, -0.1) is 10.2 Å². The lowest BCUT2D eigenvalue weighted by Gasteiger charge is -2.07. The molecule has 0 radical (unpaired) electrons. The van der Waals surface area contributed by atoms with Crippen LogP contribution in [0.15, 0.2) is 58.6 Å². The van der Waals surface area contributed by atoms with Crippen molar-refractivity contribution in [1.29, 1.82) is 0 Å². The highest BCUT2D eigenvalue weighted by Crippen LogP contribution is 2.24.